The highest BCUT2D eigenvalue weighted by atomic mass is 16.1. The summed E-state index contributed by atoms with van der Waals surface area (Å²) in [5.41, 5.74) is 6.71. The molecule has 1 aliphatic rings. The third-order valence-corrected chi connectivity index (χ3v) is 5.66. The molecule has 8 heteroatoms. The number of nitrogens with one attached hydrogen (secondary N) is 1. The Kier molecular flexibility index (Phi) is 4.51. The van der Waals surface area contributed by atoms with E-state index in [0.29, 0.717) is 17.0 Å². The highest BCUT2D eigenvalue weighted by Gasteiger charge is 2.16. The van der Waals surface area contributed by atoms with Crippen LogP contribution >= 0.6 is 0 Å². The number of anilines is 1. The quantitative estimate of drug-likeness (QED) is 0.564. The van der Waals surface area contributed by atoms with Gasteiger partial charge in [-0.15, -0.1) is 0 Å². The molecule has 0 aliphatic carbocycles. The molecule has 4 aromatic rings. The van der Waals surface area contributed by atoms with Crippen LogP contribution in [0.1, 0.15) is 23.9 Å². The monoisotopic (exact) mass is 403 g/mol. The van der Waals surface area contributed by atoms with E-state index >= 15 is 0 Å². The van der Waals surface area contributed by atoms with E-state index in [0.717, 1.165) is 60.8 Å². The van der Waals surface area contributed by atoms with Gasteiger partial charge in [-0.25, -0.2) is 9.50 Å². The number of hydrogen-bond acceptors (Lipinski definition) is 6. The largest absolute Gasteiger partial charge is 0.368 e. The molecule has 1 fully saturated rings. The number of piperazine rings is 1. The van der Waals surface area contributed by atoms with Gasteiger partial charge in [0.05, 0.1) is 34.5 Å². The molecule has 0 bridgehead atoms. The van der Waals surface area contributed by atoms with Crippen LogP contribution in [-0.4, -0.2) is 50.2 Å². The predicted octanol–water partition coefficient (Wildman–Crippen LogP) is 1.99. The van der Waals surface area contributed by atoms with E-state index in [9.17, 15) is 4.79 Å². The lowest BCUT2D eigenvalue weighted by Crippen LogP contribution is -2.43. The summed E-state index contributed by atoms with van der Waals surface area (Å²) in [4.78, 5) is 24.7. The fourth-order valence-electron chi connectivity index (χ4n) is 4.15. The standard InChI is InChI=1S/C22H25N7O/c1-4-17-20-10-19(26-29(20)12-15(3)24-17)18-11-21(30)28-13-16(9-14(2)22(28)25-18)27-7-5-23-6-8-27/h9-13,23H,4-8H2,1-3H3. The molecule has 0 spiro atoms. The highest BCUT2D eigenvalue weighted by molar-refractivity contribution is 5.67. The summed E-state index contributed by atoms with van der Waals surface area (Å²) in [5.74, 6) is 0. The van der Waals surface area contributed by atoms with Crippen molar-refractivity contribution in [2.24, 2.45) is 0 Å². The van der Waals surface area contributed by atoms with E-state index in [2.05, 4.69) is 33.3 Å². The molecule has 30 heavy (non-hydrogen) atoms. The van der Waals surface area contributed by atoms with Crippen molar-refractivity contribution in [3.8, 4) is 11.4 Å². The Morgan fingerprint density at radius 2 is 1.83 bits per heavy atom. The fraction of sp³-hybridized carbons (Fsp3) is 0.364. The number of aryl methyl sites for hydroxylation is 3. The Balaban J connectivity index is 1.64. The van der Waals surface area contributed by atoms with E-state index in [-0.39, 0.29) is 5.56 Å². The number of rotatable bonds is 3. The second-order valence-corrected chi connectivity index (χ2v) is 7.83. The Morgan fingerprint density at radius 3 is 2.60 bits per heavy atom. The van der Waals surface area contributed by atoms with Crippen LogP contribution in [-0.2, 0) is 6.42 Å². The maximum atomic E-state index is 13.0. The van der Waals surface area contributed by atoms with Gasteiger partial charge in [0.15, 0.2) is 0 Å². The number of fused-ring (bicyclic) bond motifs is 2. The number of nitrogens with zero attached hydrogens (tertiary/aromatic N) is 6. The third-order valence-electron chi connectivity index (χ3n) is 5.66. The normalized spacial score (nSPS) is 14.7. The zero-order chi connectivity index (χ0) is 20.8. The van der Waals surface area contributed by atoms with Crippen molar-refractivity contribution >= 4 is 16.9 Å². The van der Waals surface area contributed by atoms with Crippen LogP contribution in [0.3, 0.4) is 0 Å². The second kappa shape index (κ2) is 7.21. The van der Waals surface area contributed by atoms with Crippen molar-refractivity contribution in [1.82, 2.24) is 29.3 Å². The van der Waals surface area contributed by atoms with E-state index in [1.165, 1.54) is 0 Å². The molecular weight excluding hydrogens is 378 g/mol. The summed E-state index contributed by atoms with van der Waals surface area (Å²) in [7, 11) is 0. The molecule has 0 unspecified atom stereocenters. The Bertz CT molecular complexity index is 1310. The molecule has 5 heterocycles. The van der Waals surface area contributed by atoms with Crippen LogP contribution < -0.4 is 15.8 Å². The van der Waals surface area contributed by atoms with Gasteiger partial charge in [0, 0.05) is 38.4 Å². The SMILES string of the molecule is CCc1nc(C)cn2nc(-c3cc(=O)n4cc(N5CCNCC5)cc(C)c4n3)cc12. The smallest absolute Gasteiger partial charge is 0.258 e. The van der Waals surface area contributed by atoms with E-state index in [4.69, 9.17) is 4.98 Å². The zero-order valence-corrected chi connectivity index (χ0v) is 17.5. The van der Waals surface area contributed by atoms with Crippen molar-refractivity contribution in [3.63, 3.8) is 0 Å². The lowest BCUT2D eigenvalue weighted by atomic mass is 10.2. The Labute approximate surface area is 174 Å². The minimum absolute atomic E-state index is 0.0999. The van der Waals surface area contributed by atoms with Crippen molar-refractivity contribution in [1.29, 1.82) is 0 Å². The molecule has 0 radical (unpaired) electrons. The number of hydrogen-bond donors (Lipinski definition) is 1. The summed E-state index contributed by atoms with van der Waals surface area (Å²) in [5, 5.41) is 8.03. The van der Waals surface area contributed by atoms with Crippen LogP contribution in [0.4, 0.5) is 5.69 Å². The van der Waals surface area contributed by atoms with Crippen molar-refractivity contribution in [2.45, 2.75) is 27.2 Å². The third kappa shape index (κ3) is 3.13. The van der Waals surface area contributed by atoms with Gasteiger partial charge in [-0.2, -0.15) is 5.10 Å². The van der Waals surface area contributed by atoms with Crippen LogP contribution in [0.15, 0.2) is 35.4 Å². The molecule has 5 rings (SSSR count). The lowest BCUT2D eigenvalue weighted by Gasteiger charge is -2.29. The van der Waals surface area contributed by atoms with Gasteiger partial charge in [-0.1, -0.05) is 6.92 Å². The summed E-state index contributed by atoms with van der Waals surface area (Å²) < 4.78 is 3.48. The molecule has 1 saturated heterocycles. The van der Waals surface area contributed by atoms with Gasteiger partial charge >= 0.3 is 0 Å². The summed E-state index contributed by atoms with van der Waals surface area (Å²) >= 11 is 0. The predicted molar refractivity (Wildman–Crippen MR) is 117 cm³/mol. The lowest BCUT2D eigenvalue weighted by molar-refractivity contribution is 0.588. The summed E-state index contributed by atoms with van der Waals surface area (Å²) in [6, 6.07) is 5.65. The first-order valence-corrected chi connectivity index (χ1v) is 10.4. The minimum Gasteiger partial charge on any atom is -0.368 e. The van der Waals surface area contributed by atoms with E-state index in [1.54, 1.807) is 10.5 Å². The van der Waals surface area contributed by atoms with Crippen LogP contribution in [0.2, 0.25) is 0 Å². The second-order valence-electron chi connectivity index (χ2n) is 7.83. The molecule has 0 amide bonds. The first kappa shape index (κ1) is 18.7. The van der Waals surface area contributed by atoms with Crippen LogP contribution in [0.5, 0.6) is 0 Å². The Morgan fingerprint density at radius 1 is 1.03 bits per heavy atom. The topological polar surface area (TPSA) is 79.8 Å². The van der Waals surface area contributed by atoms with Crippen molar-refractivity contribution in [2.75, 3.05) is 31.1 Å². The Hall–Kier alpha value is -3.26. The molecule has 0 aromatic carbocycles. The van der Waals surface area contributed by atoms with Gasteiger partial charge in [0.1, 0.15) is 11.3 Å². The van der Waals surface area contributed by atoms with E-state index < -0.39 is 0 Å². The maximum absolute atomic E-state index is 13.0. The molecule has 1 N–H and O–H groups in total. The van der Waals surface area contributed by atoms with Gasteiger partial charge in [-0.05, 0) is 38.0 Å². The van der Waals surface area contributed by atoms with Gasteiger partial charge in [0.25, 0.3) is 5.56 Å². The summed E-state index contributed by atoms with van der Waals surface area (Å²) in [6.45, 7) is 9.80. The zero-order valence-electron chi connectivity index (χ0n) is 17.5. The van der Waals surface area contributed by atoms with Gasteiger partial charge < -0.3 is 10.2 Å². The maximum Gasteiger partial charge on any atom is 0.258 e. The van der Waals surface area contributed by atoms with Gasteiger partial charge in [-0.3, -0.25) is 14.2 Å². The average molecular weight is 403 g/mol. The van der Waals surface area contributed by atoms with Crippen molar-refractivity contribution < 1.29 is 0 Å². The summed E-state index contributed by atoms with van der Waals surface area (Å²) in [6.07, 6.45) is 4.62. The molecule has 0 atom stereocenters. The molecule has 0 saturated carbocycles. The fourth-order valence-corrected chi connectivity index (χ4v) is 4.15. The minimum atomic E-state index is -0.0999. The number of pyridine rings is 1. The van der Waals surface area contributed by atoms with E-state index in [1.807, 2.05) is 36.8 Å². The molecule has 154 valence electrons. The first-order valence-electron chi connectivity index (χ1n) is 10.4. The molecule has 1 aliphatic heterocycles. The van der Waals surface area contributed by atoms with Crippen LogP contribution in [0, 0.1) is 13.8 Å². The number of aromatic nitrogens is 5. The van der Waals surface area contributed by atoms with Crippen molar-refractivity contribution in [3.05, 3.63) is 57.9 Å². The molecule has 8 nitrogen and oxygen atoms in total. The highest BCUT2D eigenvalue weighted by Crippen LogP contribution is 2.23. The molecular formula is C22H25N7O. The molecule has 4 aromatic heterocycles. The first-order chi connectivity index (χ1) is 14.5. The average Bonchev–Trinajstić information content (AvgIpc) is 3.18. The van der Waals surface area contributed by atoms with Gasteiger partial charge in [0.2, 0.25) is 0 Å². The van der Waals surface area contributed by atoms with Crippen LogP contribution in [0.25, 0.3) is 22.6 Å².